The van der Waals surface area contributed by atoms with Crippen molar-refractivity contribution in [3.8, 4) is 22.1 Å². The Morgan fingerprint density at radius 2 is 1.81 bits per heavy atom. The Morgan fingerprint density at radius 3 is 2.44 bits per heavy atom. The number of rotatable bonds is 7. The van der Waals surface area contributed by atoms with E-state index in [4.69, 9.17) is 14.6 Å². The van der Waals surface area contributed by atoms with Crippen LogP contribution in [-0.2, 0) is 10.0 Å². The van der Waals surface area contributed by atoms with Gasteiger partial charge in [0.05, 0.1) is 30.9 Å². The summed E-state index contributed by atoms with van der Waals surface area (Å²) < 4.78 is 34.0. The molecule has 1 aromatic heterocycles. The van der Waals surface area contributed by atoms with Gasteiger partial charge >= 0.3 is 0 Å². The first-order chi connectivity index (χ1) is 15.1. The van der Waals surface area contributed by atoms with Crippen LogP contribution in [0.2, 0.25) is 0 Å². The second-order valence-corrected chi connectivity index (χ2v) is 9.77. The van der Waals surface area contributed by atoms with Crippen LogP contribution in [0.25, 0.3) is 10.6 Å². The van der Waals surface area contributed by atoms with Crippen molar-refractivity contribution in [2.45, 2.75) is 24.8 Å². The Kier molecular flexibility index (Phi) is 6.87. The lowest BCUT2D eigenvalue weighted by molar-refractivity contribution is 0.0746. The van der Waals surface area contributed by atoms with Crippen molar-refractivity contribution in [1.29, 1.82) is 0 Å². The van der Waals surface area contributed by atoms with Crippen LogP contribution in [0.1, 0.15) is 33.9 Å². The molecule has 0 bridgehead atoms. The average molecular weight is 476 g/mol. The molecule has 170 valence electrons. The number of aromatic nitrogens is 1. The van der Waals surface area contributed by atoms with E-state index in [1.807, 2.05) is 19.1 Å². The normalized spacial score (nSPS) is 12.3. The van der Waals surface area contributed by atoms with E-state index in [0.717, 1.165) is 5.56 Å². The number of carbonyl (C=O) groups excluding carboxylic acids is 1. The summed E-state index contributed by atoms with van der Waals surface area (Å²) in [6.45, 7) is 3.61. The van der Waals surface area contributed by atoms with Gasteiger partial charge in [-0.1, -0.05) is 12.1 Å². The Bertz CT molecular complexity index is 1250. The molecule has 10 heteroatoms. The Labute approximate surface area is 191 Å². The first-order valence-corrected chi connectivity index (χ1v) is 12.0. The molecule has 0 aliphatic rings. The number of nitrogens with zero attached hydrogens (tertiary/aromatic N) is 2. The van der Waals surface area contributed by atoms with Crippen LogP contribution in [0, 0.1) is 6.92 Å². The molecule has 0 aliphatic heterocycles. The summed E-state index contributed by atoms with van der Waals surface area (Å²) in [6.07, 6.45) is 0. The molecule has 32 heavy (non-hydrogen) atoms. The Hall–Kier alpha value is -2.95. The highest BCUT2D eigenvalue weighted by molar-refractivity contribution is 7.89. The van der Waals surface area contributed by atoms with Gasteiger partial charge in [-0.3, -0.25) is 4.79 Å². The molecular formula is C22H25N3O5S2. The van der Waals surface area contributed by atoms with Gasteiger partial charge in [0.2, 0.25) is 10.0 Å². The molecule has 8 nitrogen and oxygen atoms in total. The summed E-state index contributed by atoms with van der Waals surface area (Å²) in [5.74, 6) is 0.975. The number of amides is 1. The van der Waals surface area contributed by atoms with E-state index in [0.29, 0.717) is 32.6 Å². The van der Waals surface area contributed by atoms with Crippen molar-refractivity contribution in [1.82, 2.24) is 9.88 Å². The van der Waals surface area contributed by atoms with Crippen LogP contribution in [0.3, 0.4) is 0 Å². The molecule has 0 aliphatic carbocycles. The molecule has 3 rings (SSSR count). The number of primary sulfonamides is 1. The minimum absolute atomic E-state index is 0.00686. The average Bonchev–Trinajstić information content (AvgIpc) is 3.18. The third-order valence-corrected chi connectivity index (χ3v) is 7.30. The van der Waals surface area contributed by atoms with Gasteiger partial charge in [-0.05, 0) is 49.7 Å². The number of aryl methyl sites for hydroxylation is 1. The molecule has 0 saturated carbocycles. The highest BCUT2D eigenvalue weighted by Gasteiger charge is 2.24. The lowest BCUT2D eigenvalue weighted by atomic mass is 10.1. The fraction of sp³-hybridized carbons (Fsp3) is 0.273. The number of carbonyl (C=O) groups is 1. The molecule has 2 aromatic carbocycles. The molecule has 0 spiro atoms. The molecule has 3 aromatic rings. The quantitative estimate of drug-likeness (QED) is 0.559. The van der Waals surface area contributed by atoms with Crippen LogP contribution in [0.4, 0.5) is 0 Å². The molecule has 0 fully saturated rings. The summed E-state index contributed by atoms with van der Waals surface area (Å²) in [5, 5.41) is 5.92. The third-order valence-electron chi connectivity index (χ3n) is 5.19. The predicted molar refractivity (Wildman–Crippen MR) is 124 cm³/mol. The van der Waals surface area contributed by atoms with E-state index >= 15 is 0 Å². The van der Waals surface area contributed by atoms with E-state index < -0.39 is 10.0 Å². The number of benzene rings is 2. The van der Waals surface area contributed by atoms with Crippen LogP contribution in [0.5, 0.6) is 11.5 Å². The highest BCUT2D eigenvalue weighted by Crippen LogP contribution is 2.36. The zero-order valence-corrected chi connectivity index (χ0v) is 20.1. The van der Waals surface area contributed by atoms with E-state index in [9.17, 15) is 13.2 Å². The van der Waals surface area contributed by atoms with Crippen molar-refractivity contribution in [3.05, 3.63) is 58.6 Å². The second kappa shape index (κ2) is 9.27. The zero-order chi connectivity index (χ0) is 23.6. The highest BCUT2D eigenvalue weighted by atomic mass is 32.2. The number of hydrogen-bond donors (Lipinski definition) is 1. The first-order valence-electron chi connectivity index (χ1n) is 9.66. The van der Waals surface area contributed by atoms with Crippen molar-refractivity contribution < 1.29 is 22.7 Å². The predicted octanol–water partition coefficient (Wildman–Crippen LogP) is 3.62. The van der Waals surface area contributed by atoms with Gasteiger partial charge in [0, 0.05) is 12.6 Å². The fourth-order valence-corrected chi connectivity index (χ4v) is 4.81. The summed E-state index contributed by atoms with van der Waals surface area (Å²) >= 11 is 1.29. The van der Waals surface area contributed by atoms with Gasteiger partial charge in [-0.2, -0.15) is 0 Å². The minimum atomic E-state index is -3.83. The summed E-state index contributed by atoms with van der Waals surface area (Å²) in [5.41, 5.74) is 2.09. The molecule has 1 unspecified atom stereocenters. The van der Waals surface area contributed by atoms with Gasteiger partial charge in [0.25, 0.3) is 5.91 Å². The molecular weight excluding hydrogens is 450 g/mol. The minimum Gasteiger partial charge on any atom is -0.493 e. The van der Waals surface area contributed by atoms with Crippen molar-refractivity contribution >= 4 is 27.3 Å². The monoisotopic (exact) mass is 475 g/mol. The fourth-order valence-electron chi connectivity index (χ4n) is 3.20. The van der Waals surface area contributed by atoms with E-state index in [-0.39, 0.29) is 16.8 Å². The standard InChI is InChI=1S/C22H25N3O5S2/c1-13-20(31-21(24-13)16-9-10-18(29-4)19(12-16)30-5)22(26)25(3)14(2)15-7-6-8-17(11-15)32(23,27)28/h6-12,14H,1-5H3,(H2,23,27,28). The molecule has 0 saturated heterocycles. The number of sulfonamides is 1. The lowest BCUT2D eigenvalue weighted by Gasteiger charge is -2.25. The third kappa shape index (κ3) is 4.77. The molecule has 0 radical (unpaired) electrons. The maximum Gasteiger partial charge on any atom is 0.266 e. The van der Waals surface area contributed by atoms with Gasteiger partial charge in [-0.15, -0.1) is 11.3 Å². The number of methoxy groups -OCH3 is 2. The topological polar surface area (TPSA) is 112 Å². The summed E-state index contributed by atoms with van der Waals surface area (Å²) in [7, 11) is 0.967. The van der Waals surface area contributed by atoms with Gasteiger partial charge in [0.15, 0.2) is 11.5 Å². The molecule has 1 atom stereocenters. The Balaban J connectivity index is 1.89. The van der Waals surface area contributed by atoms with Crippen LogP contribution < -0.4 is 14.6 Å². The summed E-state index contributed by atoms with van der Waals surface area (Å²) in [6, 6.07) is 11.4. The Morgan fingerprint density at radius 1 is 1.12 bits per heavy atom. The maximum atomic E-state index is 13.2. The van der Waals surface area contributed by atoms with Gasteiger partial charge < -0.3 is 14.4 Å². The van der Waals surface area contributed by atoms with E-state index in [1.165, 1.54) is 23.5 Å². The largest absolute Gasteiger partial charge is 0.493 e. The molecule has 2 N–H and O–H groups in total. The first kappa shape index (κ1) is 23.7. The van der Waals surface area contributed by atoms with Crippen LogP contribution in [0.15, 0.2) is 47.4 Å². The number of thiazole rings is 1. The van der Waals surface area contributed by atoms with E-state index in [2.05, 4.69) is 4.98 Å². The number of ether oxygens (including phenoxy) is 2. The smallest absolute Gasteiger partial charge is 0.266 e. The van der Waals surface area contributed by atoms with Gasteiger partial charge in [-0.25, -0.2) is 18.5 Å². The summed E-state index contributed by atoms with van der Waals surface area (Å²) in [4.78, 5) is 19.9. The van der Waals surface area contributed by atoms with Gasteiger partial charge in [0.1, 0.15) is 9.88 Å². The second-order valence-electron chi connectivity index (χ2n) is 7.21. The lowest BCUT2D eigenvalue weighted by Crippen LogP contribution is -2.29. The molecule has 1 heterocycles. The van der Waals surface area contributed by atoms with E-state index in [1.54, 1.807) is 51.3 Å². The van der Waals surface area contributed by atoms with Crippen LogP contribution >= 0.6 is 11.3 Å². The molecule has 1 amide bonds. The number of hydrogen-bond acceptors (Lipinski definition) is 7. The zero-order valence-electron chi connectivity index (χ0n) is 18.4. The van der Waals surface area contributed by atoms with Crippen LogP contribution in [-0.4, -0.2) is 45.5 Å². The maximum absolute atomic E-state index is 13.2. The SMILES string of the molecule is COc1ccc(-c2nc(C)c(C(=O)N(C)C(C)c3cccc(S(N)(=O)=O)c3)s2)cc1OC. The van der Waals surface area contributed by atoms with Crippen molar-refractivity contribution in [2.24, 2.45) is 5.14 Å². The van der Waals surface area contributed by atoms with Crippen molar-refractivity contribution in [2.75, 3.05) is 21.3 Å². The van der Waals surface area contributed by atoms with Crippen molar-refractivity contribution in [3.63, 3.8) is 0 Å². The number of nitrogens with two attached hydrogens (primary N) is 1.